The quantitative estimate of drug-likeness (QED) is 0.751. The van der Waals surface area contributed by atoms with Crippen LogP contribution in [0.4, 0.5) is 0 Å². The van der Waals surface area contributed by atoms with Gasteiger partial charge in [-0.3, -0.25) is 0 Å². The molecule has 106 valence electrons. The Labute approximate surface area is 111 Å². The number of piperidine rings is 1. The third kappa shape index (κ3) is 4.19. The van der Waals surface area contributed by atoms with E-state index in [-0.39, 0.29) is 0 Å². The summed E-state index contributed by atoms with van der Waals surface area (Å²) in [7, 11) is 0. The van der Waals surface area contributed by atoms with E-state index >= 15 is 0 Å². The van der Waals surface area contributed by atoms with Crippen LogP contribution < -0.4 is 5.73 Å². The van der Waals surface area contributed by atoms with Crippen molar-refractivity contribution >= 4 is 0 Å². The van der Waals surface area contributed by atoms with Gasteiger partial charge in [-0.05, 0) is 64.7 Å². The van der Waals surface area contributed by atoms with Crippen LogP contribution in [0.1, 0.15) is 32.6 Å². The van der Waals surface area contributed by atoms with Gasteiger partial charge in [-0.2, -0.15) is 0 Å². The molecule has 2 fully saturated rings. The second kappa shape index (κ2) is 6.33. The van der Waals surface area contributed by atoms with Crippen molar-refractivity contribution in [2.45, 2.75) is 38.2 Å². The van der Waals surface area contributed by atoms with E-state index in [1.165, 1.54) is 45.3 Å². The summed E-state index contributed by atoms with van der Waals surface area (Å²) in [4.78, 5) is 4.99. The standard InChI is InChI=1S/C14H29N3O/c1-14(18,11-15)12-17-8-4-13(5-9-17)10-16-6-2-3-7-16/h13,18H,2-12,15H2,1H3. The predicted molar refractivity (Wildman–Crippen MR) is 74.5 cm³/mol. The molecule has 0 saturated carbocycles. The van der Waals surface area contributed by atoms with E-state index in [2.05, 4.69) is 9.80 Å². The average Bonchev–Trinajstić information content (AvgIpc) is 2.84. The minimum absolute atomic E-state index is 0.348. The molecule has 0 radical (unpaired) electrons. The van der Waals surface area contributed by atoms with Gasteiger partial charge >= 0.3 is 0 Å². The minimum atomic E-state index is -0.720. The molecule has 0 aliphatic carbocycles. The fourth-order valence-corrected chi connectivity index (χ4v) is 3.20. The van der Waals surface area contributed by atoms with Gasteiger partial charge in [0, 0.05) is 19.6 Å². The van der Waals surface area contributed by atoms with Crippen molar-refractivity contribution in [3.05, 3.63) is 0 Å². The normalized spacial score (nSPS) is 27.5. The first-order valence-electron chi connectivity index (χ1n) is 7.46. The lowest BCUT2D eigenvalue weighted by molar-refractivity contribution is 0.0148. The summed E-state index contributed by atoms with van der Waals surface area (Å²) in [5.74, 6) is 0.863. The number of rotatable bonds is 5. The number of nitrogens with two attached hydrogens (primary N) is 1. The Hall–Kier alpha value is -0.160. The summed E-state index contributed by atoms with van der Waals surface area (Å²) in [5, 5.41) is 10.00. The Morgan fingerprint density at radius 2 is 1.72 bits per heavy atom. The monoisotopic (exact) mass is 255 g/mol. The average molecular weight is 255 g/mol. The van der Waals surface area contributed by atoms with Crippen LogP contribution in [0.15, 0.2) is 0 Å². The molecule has 4 heteroatoms. The lowest BCUT2D eigenvalue weighted by Gasteiger charge is -2.37. The van der Waals surface area contributed by atoms with Crippen molar-refractivity contribution < 1.29 is 5.11 Å². The van der Waals surface area contributed by atoms with E-state index in [0.29, 0.717) is 6.54 Å². The lowest BCUT2D eigenvalue weighted by atomic mass is 9.95. The highest BCUT2D eigenvalue weighted by Gasteiger charge is 2.27. The molecule has 2 rings (SSSR count). The molecule has 0 bridgehead atoms. The molecule has 0 aromatic carbocycles. The Kier molecular flexibility index (Phi) is 5.01. The summed E-state index contributed by atoms with van der Waals surface area (Å²) in [6.07, 6.45) is 5.32. The zero-order valence-electron chi connectivity index (χ0n) is 11.8. The second-order valence-corrected chi connectivity index (χ2v) is 6.43. The van der Waals surface area contributed by atoms with Crippen molar-refractivity contribution in [1.82, 2.24) is 9.80 Å². The van der Waals surface area contributed by atoms with Gasteiger partial charge in [0.05, 0.1) is 5.60 Å². The first-order valence-corrected chi connectivity index (χ1v) is 7.46. The van der Waals surface area contributed by atoms with Gasteiger partial charge in [-0.25, -0.2) is 0 Å². The smallest absolute Gasteiger partial charge is 0.0867 e. The highest BCUT2D eigenvalue weighted by atomic mass is 16.3. The van der Waals surface area contributed by atoms with E-state index in [0.717, 1.165) is 25.6 Å². The van der Waals surface area contributed by atoms with Crippen molar-refractivity contribution in [2.75, 3.05) is 45.8 Å². The van der Waals surface area contributed by atoms with Crippen LogP contribution in [0.25, 0.3) is 0 Å². The molecule has 0 spiro atoms. The van der Waals surface area contributed by atoms with Crippen LogP contribution in [-0.2, 0) is 0 Å². The number of hydrogen-bond donors (Lipinski definition) is 2. The number of nitrogens with zero attached hydrogens (tertiary/aromatic N) is 2. The molecule has 0 aromatic rings. The molecule has 2 aliphatic rings. The zero-order valence-corrected chi connectivity index (χ0v) is 11.8. The second-order valence-electron chi connectivity index (χ2n) is 6.43. The van der Waals surface area contributed by atoms with Gasteiger partial charge in [-0.1, -0.05) is 0 Å². The van der Waals surface area contributed by atoms with Crippen LogP contribution in [0.3, 0.4) is 0 Å². The van der Waals surface area contributed by atoms with Gasteiger partial charge in [-0.15, -0.1) is 0 Å². The topological polar surface area (TPSA) is 52.7 Å². The molecule has 0 amide bonds. The van der Waals surface area contributed by atoms with Crippen LogP contribution in [0, 0.1) is 5.92 Å². The maximum absolute atomic E-state index is 10.00. The first-order chi connectivity index (χ1) is 8.59. The summed E-state index contributed by atoms with van der Waals surface area (Å²) in [6.45, 7) is 9.05. The van der Waals surface area contributed by atoms with Crippen LogP contribution in [-0.4, -0.2) is 66.3 Å². The Morgan fingerprint density at radius 3 is 2.28 bits per heavy atom. The summed E-state index contributed by atoms with van der Waals surface area (Å²) >= 11 is 0. The van der Waals surface area contributed by atoms with Gasteiger partial charge < -0.3 is 20.6 Å². The molecule has 18 heavy (non-hydrogen) atoms. The predicted octanol–water partition coefficient (Wildman–Crippen LogP) is 0.504. The molecule has 2 aliphatic heterocycles. The van der Waals surface area contributed by atoms with Gasteiger partial charge in [0.15, 0.2) is 0 Å². The van der Waals surface area contributed by atoms with Gasteiger partial charge in [0.2, 0.25) is 0 Å². The molecule has 3 N–H and O–H groups in total. The fraction of sp³-hybridized carbons (Fsp3) is 1.00. The van der Waals surface area contributed by atoms with Crippen molar-refractivity contribution in [2.24, 2.45) is 11.7 Å². The Bertz CT molecular complexity index is 243. The first kappa shape index (κ1) is 14.3. The summed E-state index contributed by atoms with van der Waals surface area (Å²) < 4.78 is 0. The lowest BCUT2D eigenvalue weighted by Crippen LogP contribution is -2.49. The molecular formula is C14H29N3O. The number of likely N-dealkylation sites (tertiary alicyclic amines) is 2. The van der Waals surface area contributed by atoms with Crippen LogP contribution in [0.2, 0.25) is 0 Å². The third-order valence-corrected chi connectivity index (χ3v) is 4.43. The molecule has 1 unspecified atom stereocenters. The minimum Gasteiger partial charge on any atom is -0.388 e. The highest BCUT2D eigenvalue weighted by Crippen LogP contribution is 2.21. The molecule has 4 nitrogen and oxygen atoms in total. The maximum Gasteiger partial charge on any atom is 0.0867 e. The van der Waals surface area contributed by atoms with Crippen molar-refractivity contribution in [3.63, 3.8) is 0 Å². The van der Waals surface area contributed by atoms with Crippen LogP contribution >= 0.6 is 0 Å². The van der Waals surface area contributed by atoms with Gasteiger partial charge in [0.25, 0.3) is 0 Å². The van der Waals surface area contributed by atoms with Crippen LogP contribution in [0.5, 0.6) is 0 Å². The Morgan fingerprint density at radius 1 is 1.11 bits per heavy atom. The summed E-state index contributed by atoms with van der Waals surface area (Å²) in [6, 6.07) is 0. The largest absolute Gasteiger partial charge is 0.388 e. The molecular weight excluding hydrogens is 226 g/mol. The van der Waals surface area contributed by atoms with E-state index in [1.807, 2.05) is 6.92 Å². The molecule has 1 atom stereocenters. The summed E-state index contributed by atoms with van der Waals surface area (Å²) in [5.41, 5.74) is 4.86. The van der Waals surface area contributed by atoms with E-state index in [4.69, 9.17) is 5.73 Å². The fourth-order valence-electron chi connectivity index (χ4n) is 3.20. The highest BCUT2D eigenvalue weighted by molar-refractivity contribution is 4.83. The molecule has 2 saturated heterocycles. The number of aliphatic hydroxyl groups is 1. The van der Waals surface area contributed by atoms with E-state index < -0.39 is 5.60 Å². The number of hydrogen-bond acceptors (Lipinski definition) is 4. The molecule has 2 heterocycles. The zero-order chi connectivity index (χ0) is 13.0. The third-order valence-electron chi connectivity index (χ3n) is 4.43. The molecule has 0 aromatic heterocycles. The van der Waals surface area contributed by atoms with E-state index in [1.54, 1.807) is 0 Å². The van der Waals surface area contributed by atoms with Crippen molar-refractivity contribution in [1.29, 1.82) is 0 Å². The SMILES string of the molecule is CC(O)(CN)CN1CCC(CN2CCCC2)CC1. The maximum atomic E-state index is 10.00. The van der Waals surface area contributed by atoms with E-state index in [9.17, 15) is 5.11 Å². The number of β-amino-alcohol motifs (C(OH)–C–C–N with tert-alkyl or cyclic N) is 1. The van der Waals surface area contributed by atoms with Gasteiger partial charge in [0.1, 0.15) is 0 Å². The Balaban J connectivity index is 1.67. The van der Waals surface area contributed by atoms with Crippen molar-refractivity contribution in [3.8, 4) is 0 Å².